The van der Waals surface area contributed by atoms with Gasteiger partial charge in [0.15, 0.2) is 5.69 Å². The first kappa shape index (κ1) is 19.9. The molecule has 150 valence electrons. The highest BCUT2D eigenvalue weighted by Crippen LogP contribution is 2.18. The molecule has 1 aliphatic rings. The molecule has 2 aromatic rings. The van der Waals surface area contributed by atoms with Crippen LogP contribution in [0, 0.1) is 0 Å². The Bertz CT molecular complexity index is 844. The number of aliphatic hydroxyl groups excluding tert-OH is 1. The third kappa shape index (κ3) is 4.51. The van der Waals surface area contributed by atoms with Crippen LogP contribution in [0.5, 0.6) is 5.75 Å². The van der Waals surface area contributed by atoms with Gasteiger partial charge in [0.2, 0.25) is 0 Å². The van der Waals surface area contributed by atoms with Gasteiger partial charge in [-0.3, -0.25) is 14.3 Å². The van der Waals surface area contributed by atoms with E-state index in [1.54, 1.807) is 7.05 Å². The van der Waals surface area contributed by atoms with Crippen LogP contribution in [-0.2, 0) is 6.54 Å². The minimum atomic E-state index is -0.735. The van der Waals surface area contributed by atoms with Gasteiger partial charge in [-0.1, -0.05) is 26.0 Å². The maximum absolute atomic E-state index is 12.6. The Morgan fingerprint density at radius 1 is 1.39 bits per heavy atom. The second-order valence-corrected chi connectivity index (χ2v) is 7.26. The average molecular weight is 386 g/mol. The van der Waals surface area contributed by atoms with Gasteiger partial charge in [-0.05, 0) is 23.6 Å². The molecule has 8 nitrogen and oxygen atoms in total. The molecular formula is C20H26N4O4. The molecule has 0 bridgehead atoms. The highest BCUT2D eigenvalue weighted by atomic mass is 16.5. The zero-order chi connectivity index (χ0) is 20.3. The Hall–Kier alpha value is -2.87. The maximum Gasteiger partial charge on any atom is 0.274 e. The molecule has 8 heteroatoms. The number of nitrogens with one attached hydrogen (secondary N) is 1. The van der Waals surface area contributed by atoms with Crippen molar-refractivity contribution in [1.82, 2.24) is 20.0 Å². The lowest BCUT2D eigenvalue weighted by atomic mass is 10.0. The number of hydrogen-bond donors (Lipinski definition) is 2. The van der Waals surface area contributed by atoms with E-state index in [4.69, 9.17) is 4.74 Å². The molecule has 28 heavy (non-hydrogen) atoms. The van der Waals surface area contributed by atoms with Gasteiger partial charge in [0.25, 0.3) is 11.8 Å². The summed E-state index contributed by atoms with van der Waals surface area (Å²) in [6, 6.07) is 9.37. The molecule has 0 saturated carbocycles. The van der Waals surface area contributed by atoms with E-state index in [1.807, 2.05) is 24.3 Å². The summed E-state index contributed by atoms with van der Waals surface area (Å²) in [6.07, 6.45) is -0.735. The van der Waals surface area contributed by atoms with Crippen molar-refractivity contribution in [3.8, 4) is 5.75 Å². The average Bonchev–Trinajstić information content (AvgIpc) is 3.04. The first-order valence-corrected chi connectivity index (χ1v) is 9.37. The Kier molecular flexibility index (Phi) is 5.99. The monoisotopic (exact) mass is 386 g/mol. The summed E-state index contributed by atoms with van der Waals surface area (Å²) in [6.45, 7) is 5.33. The number of amides is 2. The molecule has 1 unspecified atom stereocenters. The molecular weight excluding hydrogens is 360 g/mol. The highest BCUT2D eigenvalue weighted by molar-refractivity contribution is 5.98. The summed E-state index contributed by atoms with van der Waals surface area (Å²) in [5.41, 5.74) is 1.69. The normalized spacial score (nSPS) is 16.3. The van der Waals surface area contributed by atoms with Crippen LogP contribution in [0.4, 0.5) is 0 Å². The smallest absolute Gasteiger partial charge is 0.274 e. The van der Waals surface area contributed by atoms with Gasteiger partial charge in [0.1, 0.15) is 18.1 Å². The second kappa shape index (κ2) is 8.43. The first-order chi connectivity index (χ1) is 13.3. The molecule has 0 spiro atoms. The number of carbonyl (C=O) groups is 2. The fourth-order valence-electron chi connectivity index (χ4n) is 2.95. The Labute approximate surface area is 164 Å². The zero-order valence-electron chi connectivity index (χ0n) is 16.4. The van der Waals surface area contributed by atoms with Crippen LogP contribution in [0.3, 0.4) is 0 Å². The van der Waals surface area contributed by atoms with Gasteiger partial charge in [-0.2, -0.15) is 5.10 Å². The summed E-state index contributed by atoms with van der Waals surface area (Å²) in [5.74, 6) is 0.566. The number of hydrogen-bond acceptors (Lipinski definition) is 5. The van der Waals surface area contributed by atoms with Crippen molar-refractivity contribution in [1.29, 1.82) is 0 Å². The topological polar surface area (TPSA) is 96.7 Å². The summed E-state index contributed by atoms with van der Waals surface area (Å²) >= 11 is 0. The fraction of sp³-hybridized carbons (Fsp3) is 0.450. The van der Waals surface area contributed by atoms with Crippen molar-refractivity contribution >= 4 is 11.8 Å². The number of likely N-dealkylation sites (N-methyl/N-ethyl adjacent to an activating group) is 1. The summed E-state index contributed by atoms with van der Waals surface area (Å²) in [5, 5.41) is 16.6. The van der Waals surface area contributed by atoms with Gasteiger partial charge < -0.3 is 20.1 Å². The number of carbonyl (C=O) groups excluding carboxylic acids is 2. The minimum Gasteiger partial charge on any atom is -0.492 e. The second-order valence-electron chi connectivity index (χ2n) is 7.26. The van der Waals surface area contributed by atoms with Crippen LogP contribution in [0.1, 0.15) is 46.3 Å². The van der Waals surface area contributed by atoms with E-state index < -0.39 is 6.10 Å². The van der Waals surface area contributed by atoms with E-state index in [1.165, 1.54) is 21.2 Å². The van der Waals surface area contributed by atoms with E-state index in [9.17, 15) is 14.7 Å². The molecule has 1 aliphatic heterocycles. The molecule has 0 aliphatic carbocycles. The molecule has 3 rings (SSSR count). The fourth-order valence-corrected chi connectivity index (χ4v) is 2.95. The Balaban J connectivity index is 1.57. The minimum absolute atomic E-state index is 0.167. The SMILES string of the molecule is CC(C)c1ccc(OCCN(C)C(=O)c2cc3n(n2)CC(O)CNC3=O)cc1. The van der Waals surface area contributed by atoms with Crippen molar-refractivity contribution in [2.45, 2.75) is 32.4 Å². The molecule has 1 aromatic heterocycles. The summed E-state index contributed by atoms with van der Waals surface area (Å²) < 4.78 is 7.09. The van der Waals surface area contributed by atoms with E-state index in [-0.39, 0.29) is 36.3 Å². The van der Waals surface area contributed by atoms with Gasteiger partial charge in [0, 0.05) is 19.7 Å². The van der Waals surface area contributed by atoms with Gasteiger partial charge >= 0.3 is 0 Å². The number of benzene rings is 1. The number of nitrogens with zero attached hydrogens (tertiary/aromatic N) is 3. The third-order valence-electron chi connectivity index (χ3n) is 4.70. The number of aromatic nitrogens is 2. The summed E-state index contributed by atoms with van der Waals surface area (Å²) in [7, 11) is 1.66. The predicted octanol–water partition coefficient (Wildman–Crippen LogP) is 1.26. The van der Waals surface area contributed by atoms with Gasteiger partial charge in [-0.25, -0.2) is 0 Å². The number of fused-ring (bicyclic) bond motifs is 1. The molecule has 0 radical (unpaired) electrons. The molecule has 1 atom stereocenters. The van der Waals surface area contributed by atoms with Crippen LogP contribution in [0.2, 0.25) is 0 Å². The van der Waals surface area contributed by atoms with Crippen molar-refractivity contribution in [2.24, 2.45) is 0 Å². The van der Waals surface area contributed by atoms with Crippen LogP contribution in [-0.4, -0.2) is 64.4 Å². The van der Waals surface area contributed by atoms with Crippen LogP contribution in [0.25, 0.3) is 0 Å². The maximum atomic E-state index is 12.6. The van der Waals surface area contributed by atoms with E-state index in [2.05, 4.69) is 24.3 Å². The molecule has 1 aromatic carbocycles. The number of aliphatic hydroxyl groups is 1. The largest absolute Gasteiger partial charge is 0.492 e. The van der Waals surface area contributed by atoms with E-state index >= 15 is 0 Å². The first-order valence-electron chi connectivity index (χ1n) is 9.37. The summed E-state index contributed by atoms with van der Waals surface area (Å²) in [4.78, 5) is 26.1. The lowest BCUT2D eigenvalue weighted by Crippen LogP contribution is -2.32. The van der Waals surface area contributed by atoms with Crippen molar-refractivity contribution in [2.75, 3.05) is 26.7 Å². The highest BCUT2D eigenvalue weighted by Gasteiger charge is 2.25. The van der Waals surface area contributed by atoms with E-state index in [0.717, 1.165) is 5.75 Å². The number of β-amino-alcohol motifs (C(OH)–C–C–N with tert-alkyl or cyclic N) is 1. The molecule has 0 saturated heterocycles. The van der Waals surface area contributed by atoms with Gasteiger partial charge in [0.05, 0.1) is 19.2 Å². The lowest BCUT2D eigenvalue weighted by Gasteiger charge is -2.16. The standard InChI is InChI=1S/C20H26N4O4/c1-13(2)14-4-6-16(7-5-14)28-9-8-23(3)20(27)17-10-18-19(26)21-11-15(25)12-24(18)22-17/h4-7,10,13,15,25H,8-9,11-12H2,1-3H3,(H,21,26). The van der Waals surface area contributed by atoms with Crippen LogP contribution in [0.15, 0.2) is 30.3 Å². The van der Waals surface area contributed by atoms with Crippen LogP contribution >= 0.6 is 0 Å². The lowest BCUT2D eigenvalue weighted by molar-refractivity contribution is 0.0765. The third-order valence-corrected chi connectivity index (χ3v) is 4.70. The number of ether oxygens (including phenoxy) is 1. The zero-order valence-corrected chi connectivity index (χ0v) is 16.4. The quantitative estimate of drug-likeness (QED) is 0.779. The molecule has 2 heterocycles. The predicted molar refractivity (Wildman–Crippen MR) is 104 cm³/mol. The molecule has 2 amide bonds. The van der Waals surface area contributed by atoms with Crippen molar-refractivity contribution < 1.29 is 19.4 Å². The Morgan fingerprint density at radius 2 is 2.11 bits per heavy atom. The Morgan fingerprint density at radius 3 is 2.79 bits per heavy atom. The molecule has 2 N–H and O–H groups in total. The van der Waals surface area contributed by atoms with Crippen molar-refractivity contribution in [3.05, 3.63) is 47.3 Å². The van der Waals surface area contributed by atoms with Crippen molar-refractivity contribution in [3.63, 3.8) is 0 Å². The number of rotatable bonds is 6. The van der Waals surface area contributed by atoms with Gasteiger partial charge in [-0.15, -0.1) is 0 Å². The molecule has 0 fully saturated rings. The van der Waals surface area contributed by atoms with E-state index in [0.29, 0.717) is 19.1 Å². The van der Waals surface area contributed by atoms with Crippen LogP contribution < -0.4 is 10.1 Å².